The van der Waals surface area contributed by atoms with E-state index in [1.807, 2.05) is 54.5 Å². The fraction of sp³-hybridized carbons (Fsp3) is 0.678. The number of allylic oxidation sites excluding steroid dienone is 3. The van der Waals surface area contributed by atoms with Crippen molar-refractivity contribution in [3.63, 3.8) is 0 Å². The van der Waals surface area contributed by atoms with Crippen molar-refractivity contribution < 1.29 is 88.9 Å². The molecule has 0 saturated carbocycles. The number of aliphatic hydroxyl groups excluding tert-OH is 2. The Morgan fingerprint density at radius 3 is 2.03 bits per heavy atom. The Morgan fingerprint density at radius 1 is 0.820 bits per heavy atom. The fourth-order valence-corrected chi connectivity index (χ4v) is 16.6. The average Bonchev–Trinajstić information content (AvgIpc) is 1.58. The van der Waals surface area contributed by atoms with Crippen LogP contribution >= 0.6 is 7.82 Å². The van der Waals surface area contributed by atoms with Crippen molar-refractivity contribution >= 4 is 60.5 Å². The van der Waals surface area contributed by atoms with Gasteiger partial charge in [-0.2, -0.15) is 17.1 Å². The van der Waals surface area contributed by atoms with Gasteiger partial charge < -0.3 is 105 Å². The summed E-state index contributed by atoms with van der Waals surface area (Å²) in [5.74, 6) is -7.31. The van der Waals surface area contributed by atoms with Gasteiger partial charge in [0.2, 0.25) is 41.4 Å². The van der Waals surface area contributed by atoms with E-state index in [1.54, 1.807) is 6.07 Å². The molecule has 1 aromatic rings. The Labute approximate surface area is 528 Å². The molecule has 8 rings (SSSR count). The molecule has 0 aliphatic carbocycles. The van der Waals surface area contributed by atoms with Crippen LogP contribution in [-0.2, 0) is 68.7 Å². The van der Waals surface area contributed by atoms with Crippen molar-refractivity contribution in [1.29, 1.82) is 0 Å². The number of carbonyl (C=O) groups is 7. The van der Waals surface area contributed by atoms with Gasteiger partial charge in [0.25, 0.3) is 7.82 Å². The number of nitrogens with two attached hydrogens (primary N) is 6. The van der Waals surface area contributed by atoms with Gasteiger partial charge in [0.1, 0.15) is 18.3 Å². The second-order valence-electron chi connectivity index (χ2n) is 26.5. The third-order valence-electron chi connectivity index (χ3n) is 20.1. The fourth-order valence-electron chi connectivity index (χ4n) is 15.5. The molecule has 1 aromatic carbocycles. The number of rotatable bonds is 25. The van der Waals surface area contributed by atoms with Crippen LogP contribution in [-0.4, -0.2) is 132 Å². The molecule has 89 heavy (non-hydrogen) atoms. The second kappa shape index (κ2) is 27.1. The number of hydrogen-bond donors (Lipinski definition) is 10. The third kappa shape index (κ3) is 14.4. The van der Waals surface area contributed by atoms with E-state index in [0.29, 0.717) is 39.6 Å². The van der Waals surface area contributed by atoms with Gasteiger partial charge in [0, 0.05) is 68.3 Å². The number of phosphoric acid groups is 1. The predicted molar refractivity (Wildman–Crippen MR) is 319 cm³/mol. The zero-order valence-electron chi connectivity index (χ0n) is 51.5. The minimum absolute atomic E-state index is 0. The molecule has 7 heterocycles. The molecule has 7 amide bonds. The molecule has 16 N–H and O–H groups in total. The largest absolute Gasteiger partial charge is 0.872 e. The summed E-state index contributed by atoms with van der Waals surface area (Å²) in [6.07, 6.45) is -5.93. The number of aliphatic hydroxyl groups is 2. The SMILES string of the molecule is CC1=C2[N-]C(CC3[N-]C(C(C)=C4[N-]C(C=C5[N-]C1C(C)(CC(N)=O)C5CC(N)=O)C(C)(C)C4CCC(N)=O)C(C)(CCC(=O)NCC(C)OP(=O)([O-])OC1C(CO)OC(N4CNc5ccc([O-])cc54)C1O)C3CC(N)=O)C(C)(CC(N)=O)C2CCC(N)=O.[Co]. The normalized spacial score (nSPS) is 34.4. The van der Waals surface area contributed by atoms with Gasteiger partial charge in [-0.1, -0.05) is 59.2 Å². The number of nitrogens with zero attached hydrogens (tertiary/aromatic N) is 5. The van der Waals surface area contributed by atoms with Crippen LogP contribution in [0.4, 0.5) is 11.4 Å². The summed E-state index contributed by atoms with van der Waals surface area (Å²) in [5.41, 5.74) is 35.4. The van der Waals surface area contributed by atoms with Crippen molar-refractivity contribution in [3.05, 3.63) is 73.8 Å². The maximum Gasteiger partial charge on any atom is 0.268 e. The topological polar surface area (TPSA) is 491 Å². The zero-order valence-corrected chi connectivity index (χ0v) is 53.4. The van der Waals surface area contributed by atoms with Gasteiger partial charge in [-0.05, 0) is 97.5 Å². The molecule has 28 nitrogen and oxygen atoms in total. The maximum absolute atomic E-state index is 14.2. The number of primary amides is 6. The molecule has 5 fully saturated rings. The number of carbonyl (C=O) groups excluding carboxylic acids is 7. The molecule has 0 spiro atoms. The van der Waals surface area contributed by atoms with Crippen LogP contribution in [0.3, 0.4) is 0 Å². The average molecular weight is 1310 g/mol. The van der Waals surface area contributed by atoms with Gasteiger partial charge in [-0.25, -0.2) is 0 Å². The van der Waals surface area contributed by atoms with E-state index in [0.717, 1.165) is 0 Å². The molecule has 1 radical (unpaired) electrons. The van der Waals surface area contributed by atoms with Gasteiger partial charge in [-0.15, -0.1) is 41.1 Å². The Hall–Kier alpha value is -6.01. The molecular weight excluding hydrogens is 1220 g/mol. The Bertz CT molecular complexity index is 3080. The third-order valence-corrected chi connectivity index (χ3v) is 21.2. The standard InChI is InChI=1S/C59H88N13O15P.Co/c1-27(86-88(83,84)87-52-39(25-73)85-55(51(52)82)72-26-67-35-12-9-30(74)17-38(35)72)24-66-48(81)15-16-57(6)33(18-44(62)77)37-21-41-58(7,22-46(64)79)32(11-14-43(61)76)50(71-41)29(3)54-59(8,23-47(65)80)34(19-45(63)78)36(69-54)20-40-56(4,5)31(10-13-42(60)75)49(70-40)28(2)53(57)68-37;/h9,12,17,20,27,31-34,37,39-41,51-55,67,73-74,82H,10-11,13-16,18-19,21-26H2,1-8H3,(H2,60,75)(H2,61,76)(H2,62,77)(H2,63,78)(H2,64,79)(H2,65,80)(H,66,81)(H,83,84);/q-4;/p-2. The monoisotopic (exact) mass is 1310 g/mol. The van der Waals surface area contributed by atoms with Crippen molar-refractivity contribution in [2.45, 2.75) is 187 Å². The van der Waals surface area contributed by atoms with E-state index < -0.39 is 162 Å². The Balaban J connectivity index is 0.0000113. The van der Waals surface area contributed by atoms with E-state index in [2.05, 4.69) is 10.6 Å². The number of benzene rings is 1. The maximum atomic E-state index is 14.2. The summed E-state index contributed by atoms with van der Waals surface area (Å²) in [6, 6.07) is 0.313. The quantitative estimate of drug-likeness (QED) is 0.0626. The number of nitrogens with one attached hydrogen (secondary N) is 2. The molecule has 18 atom stereocenters. The van der Waals surface area contributed by atoms with Gasteiger partial charge in [-0.3, -0.25) is 38.1 Å². The first kappa shape index (κ1) is 70.4. The molecule has 0 aromatic heterocycles. The number of ether oxygens (including phenoxy) is 1. The smallest absolute Gasteiger partial charge is 0.268 e. The van der Waals surface area contributed by atoms with Crippen molar-refractivity contribution in [3.8, 4) is 5.75 Å². The van der Waals surface area contributed by atoms with Crippen LogP contribution in [0.25, 0.3) is 21.3 Å². The van der Waals surface area contributed by atoms with E-state index in [9.17, 15) is 58.3 Å². The van der Waals surface area contributed by atoms with Crippen molar-refractivity contribution in [2.75, 3.05) is 30.0 Å². The van der Waals surface area contributed by atoms with E-state index in [-0.39, 0.29) is 106 Å². The first-order chi connectivity index (χ1) is 41.0. The second-order valence-corrected chi connectivity index (χ2v) is 27.8. The molecule has 5 saturated heterocycles. The Kier molecular flexibility index (Phi) is 21.4. The molecule has 8 bridgehead atoms. The zero-order chi connectivity index (χ0) is 64.9. The first-order valence-electron chi connectivity index (χ1n) is 29.9. The van der Waals surface area contributed by atoms with Gasteiger partial charge in [0.15, 0.2) is 6.23 Å². The Morgan fingerprint density at radius 2 is 1.43 bits per heavy atom. The summed E-state index contributed by atoms with van der Waals surface area (Å²) in [5, 5.41) is 61.4. The summed E-state index contributed by atoms with van der Waals surface area (Å²) < 4.78 is 30.0. The molecule has 18 unspecified atom stereocenters. The van der Waals surface area contributed by atoms with Crippen LogP contribution in [0.15, 0.2) is 52.5 Å². The van der Waals surface area contributed by atoms with E-state index in [1.165, 1.54) is 24.0 Å². The van der Waals surface area contributed by atoms with Crippen molar-refractivity contribution in [1.82, 2.24) is 5.32 Å². The van der Waals surface area contributed by atoms with Crippen LogP contribution in [0.2, 0.25) is 0 Å². The number of hydrogen-bond acceptors (Lipinski definition) is 17. The number of phosphoric ester groups is 1. The molecule has 497 valence electrons. The summed E-state index contributed by atoms with van der Waals surface area (Å²) in [7, 11) is -5.32. The molecule has 7 aliphatic heterocycles. The minimum atomic E-state index is -5.32. The van der Waals surface area contributed by atoms with E-state index >= 15 is 0 Å². The number of amides is 7. The summed E-state index contributed by atoms with van der Waals surface area (Å²) in [6.45, 7) is 13.6. The van der Waals surface area contributed by atoms with Crippen LogP contribution < -0.4 is 59.9 Å². The van der Waals surface area contributed by atoms with Crippen LogP contribution in [0, 0.1) is 45.3 Å². The van der Waals surface area contributed by atoms with Gasteiger partial charge in [0.05, 0.1) is 30.8 Å². The van der Waals surface area contributed by atoms with Crippen molar-refractivity contribution in [2.24, 2.45) is 79.7 Å². The molecule has 30 heteroatoms. The summed E-state index contributed by atoms with van der Waals surface area (Å²) in [4.78, 5) is 108. The summed E-state index contributed by atoms with van der Waals surface area (Å²) >= 11 is 0. The predicted octanol–water partition coefficient (Wildman–Crippen LogP) is 1.95. The van der Waals surface area contributed by atoms with Gasteiger partial charge >= 0.3 is 0 Å². The van der Waals surface area contributed by atoms with Crippen LogP contribution in [0.1, 0.15) is 126 Å². The van der Waals surface area contributed by atoms with E-state index in [4.69, 9.17) is 69.5 Å². The number of anilines is 2. The molecular formula is C59H86CoN13O15P-6. The van der Waals surface area contributed by atoms with Crippen LogP contribution in [0.5, 0.6) is 5.75 Å². The minimum Gasteiger partial charge on any atom is -0.872 e. The molecule has 7 aliphatic rings. The number of fused-ring (bicyclic) bond motifs is 9. The first-order valence-corrected chi connectivity index (χ1v) is 31.4.